The molecule has 6 nitrogen and oxygen atoms in total. The summed E-state index contributed by atoms with van der Waals surface area (Å²) in [6, 6.07) is 9.63. The van der Waals surface area contributed by atoms with E-state index in [2.05, 4.69) is 4.98 Å². The standard InChI is InChI=1S/C14H11N3O3/c15-9-5-6-17-11(7-9)12(14(19)20)16-13(17)8-1-3-10(18)4-2-8/h1-7,18H,15H2,(H,19,20). The molecule has 1 aromatic carbocycles. The molecule has 0 spiro atoms. The number of carboxylic acid groups (broad SMARTS) is 1. The summed E-state index contributed by atoms with van der Waals surface area (Å²) < 4.78 is 1.66. The summed E-state index contributed by atoms with van der Waals surface area (Å²) in [6.45, 7) is 0. The fraction of sp³-hybridized carbons (Fsp3) is 0. The molecular formula is C14H11N3O3. The number of carboxylic acids is 1. The van der Waals surface area contributed by atoms with Gasteiger partial charge in [-0.3, -0.25) is 4.40 Å². The van der Waals surface area contributed by atoms with Gasteiger partial charge in [0.1, 0.15) is 11.6 Å². The van der Waals surface area contributed by atoms with E-state index in [1.165, 1.54) is 12.1 Å². The molecule has 20 heavy (non-hydrogen) atoms. The van der Waals surface area contributed by atoms with Gasteiger partial charge in [0.25, 0.3) is 0 Å². The van der Waals surface area contributed by atoms with Crippen molar-refractivity contribution in [3.63, 3.8) is 0 Å². The first kappa shape index (κ1) is 12.0. The van der Waals surface area contributed by atoms with Gasteiger partial charge in [0, 0.05) is 17.4 Å². The van der Waals surface area contributed by atoms with E-state index in [0.717, 1.165) is 0 Å². The molecule has 100 valence electrons. The maximum Gasteiger partial charge on any atom is 0.356 e. The van der Waals surface area contributed by atoms with Crippen LogP contribution in [0, 0.1) is 0 Å². The summed E-state index contributed by atoms with van der Waals surface area (Å²) in [4.78, 5) is 15.4. The Balaban J connectivity index is 2.31. The fourth-order valence-electron chi connectivity index (χ4n) is 2.07. The number of pyridine rings is 1. The van der Waals surface area contributed by atoms with Crippen molar-refractivity contribution < 1.29 is 15.0 Å². The first-order chi connectivity index (χ1) is 9.56. The number of nitrogens with zero attached hydrogens (tertiary/aromatic N) is 2. The van der Waals surface area contributed by atoms with Crippen LogP contribution in [0.25, 0.3) is 16.9 Å². The van der Waals surface area contributed by atoms with E-state index >= 15 is 0 Å². The Labute approximate surface area is 113 Å². The Morgan fingerprint density at radius 2 is 1.90 bits per heavy atom. The van der Waals surface area contributed by atoms with Gasteiger partial charge in [0.05, 0.1) is 5.52 Å². The van der Waals surface area contributed by atoms with Gasteiger partial charge >= 0.3 is 5.97 Å². The first-order valence-electron chi connectivity index (χ1n) is 5.86. The summed E-state index contributed by atoms with van der Waals surface area (Å²) in [5, 5.41) is 18.5. The van der Waals surface area contributed by atoms with Crippen molar-refractivity contribution >= 4 is 17.2 Å². The van der Waals surface area contributed by atoms with Gasteiger partial charge in [-0.05, 0) is 36.4 Å². The second kappa shape index (κ2) is 4.27. The molecule has 0 unspecified atom stereocenters. The van der Waals surface area contributed by atoms with Crippen LogP contribution in [0.3, 0.4) is 0 Å². The molecule has 2 heterocycles. The molecule has 0 fully saturated rings. The van der Waals surface area contributed by atoms with E-state index in [4.69, 9.17) is 5.73 Å². The molecule has 0 aliphatic carbocycles. The number of anilines is 1. The highest BCUT2D eigenvalue weighted by atomic mass is 16.4. The zero-order valence-electron chi connectivity index (χ0n) is 10.3. The van der Waals surface area contributed by atoms with Gasteiger partial charge in [0.15, 0.2) is 5.69 Å². The Kier molecular flexibility index (Phi) is 2.57. The predicted octanol–water partition coefficient (Wildman–Crippen LogP) is 1.99. The van der Waals surface area contributed by atoms with Gasteiger partial charge in [-0.1, -0.05) is 0 Å². The normalized spacial score (nSPS) is 10.8. The van der Waals surface area contributed by atoms with Crippen LogP contribution in [0.5, 0.6) is 5.75 Å². The van der Waals surface area contributed by atoms with Crippen molar-refractivity contribution in [2.24, 2.45) is 0 Å². The molecule has 0 saturated carbocycles. The van der Waals surface area contributed by atoms with E-state index in [-0.39, 0.29) is 11.4 Å². The number of aromatic carboxylic acids is 1. The second-order valence-electron chi connectivity index (χ2n) is 4.35. The lowest BCUT2D eigenvalue weighted by Crippen LogP contribution is -1.97. The zero-order chi connectivity index (χ0) is 14.3. The van der Waals surface area contributed by atoms with Gasteiger partial charge in [0.2, 0.25) is 0 Å². The minimum atomic E-state index is -1.11. The largest absolute Gasteiger partial charge is 0.508 e. The molecule has 6 heteroatoms. The van der Waals surface area contributed by atoms with E-state index in [0.29, 0.717) is 22.6 Å². The first-order valence-corrected chi connectivity index (χ1v) is 5.86. The number of hydrogen-bond donors (Lipinski definition) is 3. The lowest BCUT2D eigenvalue weighted by atomic mass is 10.2. The van der Waals surface area contributed by atoms with Crippen LogP contribution < -0.4 is 5.73 Å². The lowest BCUT2D eigenvalue weighted by molar-refractivity contribution is 0.0693. The minimum absolute atomic E-state index is 0.0552. The summed E-state index contributed by atoms with van der Waals surface area (Å²) >= 11 is 0. The quantitative estimate of drug-likeness (QED) is 0.660. The number of fused-ring (bicyclic) bond motifs is 1. The average molecular weight is 269 g/mol. The zero-order valence-corrected chi connectivity index (χ0v) is 10.3. The Bertz CT molecular complexity index is 806. The molecule has 0 atom stereocenters. The van der Waals surface area contributed by atoms with Crippen molar-refractivity contribution in [3.8, 4) is 17.1 Å². The van der Waals surface area contributed by atoms with Crippen molar-refractivity contribution in [2.45, 2.75) is 0 Å². The number of aromatic hydroxyl groups is 1. The molecule has 3 aromatic rings. The van der Waals surface area contributed by atoms with Crippen molar-refractivity contribution in [1.29, 1.82) is 0 Å². The number of carbonyl (C=O) groups is 1. The van der Waals surface area contributed by atoms with Crippen molar-refractivity contribution in [1.82, 2.24) is 9.38 Å². The number of benzene rings is 1. The average Bonchev–Trinajstić information content (AvgIpc) is 2.78. The SMILES string of the molecule is Nc1ccn2c(-c3ccc(O)cc3)nc(C(=O)O)c2c1. The van der Waals surface area contributed by atoms with Crippen LogP contribution in [0.2, 0.25) is 0 Å². The van der Waals surface area contributed by atoms with E-state index in [1.54, 1.807) is 34.9 Å². The van der Waals surface area contributed by atoms with Crippen LogP contribution in [0.15, 0.2) is 42.6 Å². The van der Waals surface area contributed by atoms with Crippen molar-refractivity contribution in [3.05, 3.63) is 48.3 Å². The molecular weight excluding hydrogens is 258 g/mol. The van der Waals surface area contributed by atoms with Gasteiger partial charge in [-0.15, -0.1) is 0 Å². The highest BCUT2D eigenvalue weighted by molar-refractivity contribution is 5.95. The molecule has 0 amide bonds. The monoisotopic (exact) mass is 269 g/mol. The molecule has 0 bridgehead atoms. The Morgan fingerprint density at radius 1 is 1.20 bits per heavy atom. The predicted molar refractivity (Wildman–Crippen MR) is 73.7 cm³/mol. The van der Waals surface area contributed by atoms with Crippen LogP contribution >= 0.6 is 0 Å². The third kappa shape index (κ3) is 1.83. The van der Waals surface area contributed by atoms with E-state index in [1.807, 2.05) is 0 Å². The number of nitrogen functional groups attached to an aromatic ring is 1. The third-order valence-electron chi connectivity index (χ3n) is 3.00. The molecule has 0 aliphatic rings. The Morgan fingerprint density at radius 3 is 2.55 bits per heavy atom. The summed E-state index contributed by atoms with van der Waals surface area (Å²) in [6.07, 6.45) is 1.67. The van der Waals surface area contributed by atoms with E-state index in [9.17, 15) is 15.0 Å². The fourth-order valence-corrected chi connectivity index (χ4v) is 2.07. The number of aromatic nitrogens is 2. The minimum Gasteiger partial charge on any atom is -0.508 e. The smallest absolute Gasteiger partial charge is 0.356 e. The van der Waals surface area contributed by atoms with Gasteiger partial charge in [-0.2, -0.15) is 0 Å². The lowest BCUT2D eigenvalue weighted by Gasteiger charge is -2.02. The molecule has 0 radical (unpaired) electrons. The van der Waals surface area contributed by atoms with Gasteiger partial charge in [-0.25, -0.2) is 9.78 Å². The van der Waals surface area contributed by atoms with Crippen LogP contribution in [0.1, 0.15) is 10.5 Å². The van der Waals surface area contributed by atoms with Gasteiger partial charge < -0.3 is 15.9 Å². The highest BCUT2D eigenvalue weighted by Gasteiger charge is 2.17. The Hall–Kier alpha value is -3.02. The van der Waals surface area contributed by atoms with Crippen LogP contribution in [0.4, 0.5) is 5.69 Å². The third-order valence-corrected chi connectivity index (χ3v) is 3.00. The summed E-state index contributed by atoms with van der Waals surface area (Å²) in [5.41, 5.74) is 7.24. The number of phenols is 1. The number of hydrogen-bond acceptors (Lipinski definition) is 4. The molecule has 4 N–H and O–H groups in total. The molecule has 0 saturated heterocycles. The number of phenolic OH excluding ortho intramolecular Hbond substituents is 1. The molecule has 2 aromatic heterocycles. The maximum absolute atomic E-state index is 11.3. The molecule has 3 rings (SSSR count). The van der Waals surface area contributed by atoms with Crippen LogP contribution in [-0.2, 0) is 0 Å². The number of imidazole rings is 1. The summed E-state index contributed by atoms with van der Waals surface area (Å²) in [5.74, 6) is -0.493. The van der Waals surface area contributed by atoms with Crippen LogP contribution in [-0.4, -0.2) is 25.6 Å². The number of nitrogens with two attached hydrogens (primary N) is 1. The molecule has 0 aliphatic heterocycles. The maximum atomic E-state index is 11.3. The summed E-state index contributed by atoms with van der Waals surface area (Å²) in [7, 11) is 0. The topological polar surface area (TPSA) is 101 Å². The highest BCUT2D eigenvalue weighted by Crippen LogP contribution is 2.25. The van der Waals surface area contributed by atoms with E-state index < -0.39 is 5.97 Å². The number of rotatable bonds is 2. The van der Waals surface area contributed by atoms with Crippen molar-refractivity contribution in [2.75, 3.05) is 5.73 Å². The second-order valence-corrected chi connectivity index (χ2v) is 4.35.